The average molecular weight is 330 g/mol. The number of ether oxygens (including phenoxy) is 2. The number of benzene rings is 2. The van der Waals surface area contributed by atoms with Crippen LogP contribution in [0.5, 0.6) is 0 Å². The van der Waals surface area contributed by atoms with E-state index in [4.69, 9.17) is 14.6 Å². The van der Waals surface area contributed by atoms with E-state index in [9.17, 15) is 5.11 Å². The molecule has 0 aliphatic rings. The van der Waals surface area contributed by atoms with Gasteiger partial charge in [0.2, 0.25) is 0 Å². The maximum Gasteiger partial charge on any atom is 0.0701 e. The van der Waals surface area contributed by atoms with Gasteiger partial charge in [-0.1, -0.05) is 60.7 Å². The highest BCUT2D eigenvalue weighted by Gasteiger charge is 2.34. The first-order valence-corrected chi connectivity index (χ1v) is 8.32. The lowest BCUT2D eigenvalue weighted by Gasteiger charge is -2.33. The van der Waals surface area contributed by atoms with Gasteiger partial charge in [0.25, 0.3) is 0 Å². The van der Waals surface area contributed by atoms with Gasteiger partial charge in [0, 0.05) is 13.2 Å². The fourth-order valence-corrected chi connectivity index (χ4v) is 2.71. The number of aliphatic hydroxyl groups excluding tert-OH is 2. The van der Waals surface area contributed by atoms with E-state index in [0.29, 0.717) is 32.8 Å². The van der Waals surface area contributed by atoms with Crippen LogP contribution in [-0.4, -0.2) is 49.9 Å². The van der Waals surface area contributed by atoms with Gasteiger partial charge in [0.15, 0.2) is 0 Å². The molecule has 0 radical (unpaired) electrons. The average Bonchev–Trinajstić information content (AvgIpc) is 2.66. The van der Waals surface area contributed by atoms with Gasteiger partial charge < -0.3 is 19.7 Å². The van der Waals surface area contributed by atoms with E-state index in [1.807, 2.05) is 60.7 Å². The molecule has 0 amide bonds. The molecule has 2 N–H and O–H groups in total. The Morgan fingerprint density at radius 1 is 0.708 bits per heavy atom. The van der Waals surface area contributed by atoms with Gasteiger partial charge in [-0.3, -0.25) is 0 Å². The van der Waals surface area contributed by atoms with Crippen LogP contribution < -0.4 is 0 Å². The summed E-state index contributed by atoms with van der Waals surface area (Å²) in [5, 5.41) is 18.9. The van der Waals surface area contributed by atoms with Gasteiger partial charge in [0.1, 0.15) is 0 Å². The second-order valence-corrected chi connectivity index (χ2v) is 5.71. The predicted octanol–water partition coefficient (Wildman–Crippen LogP) is 2.38. The molecule has 0 fully saturated rings. The highest BCUT2D eigenvalue weighted by molar-refractivity contribution is 5.39. The summed E-state index contributed by atoms with van der Waals surface area (Å²) in [6.07, 6.45) is 0.634. The molecule has 0 heterocycles. The summed E-state index contributed by atoms with van der Waals surface area (Å²) in [5.41, 5.74) is 1.47. The van der Waals surface area contributed by atoms with Crippen LogP contribution in [0.3, 0.4) is 0 Å². The molecule has 2 rings (SSSR count). The molecule has 0 unspecified atom stereocenters. The zero-order valence-electron chi connectivity index (χ0n) is 13.9. The van der Waals surface area contributed by atoms with Gasteiger partial charge in [-0.05, 0) is 17.5 Å². The molecular weight excluding hydrogens is 304 g/mol. The monoisotopic (exact) mass is 330 g/mol. The highest BCUT2D eigenvalue weighted by Crippen LogP contribution is 2.32. The largest absolute Gasteiger partial charge is 0.396 e. The van der Waals surface area contributed by atoms with Crippen LogP contribution in [0.25, 0.3) is 0 Å². The maximum absolute atomic E-state index is 10.2. The lowest BCUT2D eigenvalue weighted by Crippen LogP contribution is -2.37. The van der Waals surface area contributed by atoms with E-state index in [2.05, 4.69) is 0 Å². The molecule has 0 bridgehead atoms. The van der Waals surface area contributed by atoms with Crippen LogP contribution in [-0.2, 0) is 14.9 Å². The Bertz CT molecular complexity index is 517. The molecule has 2 aromatic carbocycles. The lowest BCUT2D eigenvalue weighted by molar-refractivity contribution is 0.0182. The Hall–Kier alpha value is -1.72. The van der Waals surface area contributed by atoms with E-state index >= 15 is 0 Å². The Kier molecular flexibility index (Phi) is 7.92. The smallest absolute Gasteiger partial charge is 0.0701 e. The molecule has 0 aliphatic heterocycles. The van der Waals surface area contributed by atoms with Crippen molar-refractivity contribution in [2.45, 2.75) is 11.8 Å². The van der Waals surface area contributed by atoms with Crippen molar-refractivity contribution in [3.63, 3.8) is 0 Å². The summed E-state index contributed by atoms with van der Waals surface area (Å²) in [6.45, 7) is 1.93. The summed E-state index contributed by atoms with van der Waals surface area (Å²) < 4.78 is 11.2. The molecule has 0 atom stereocenters. The van der Waals surface area contributed by atoms with E-state index in [1.165, 1.54) is 0 Å². The second-order valence-electron chi connectivity index (χ2n) is 5.71. The lowest BCUT2D eigenvalue weighted by atomic mass is 9.76. The molecule has 0 aromatic heterocycles. The summed E-state index contributed by atoms with van der Waals surface area (Å²) >= 11 is 0. The summed E-state index contributed by atoms with van der Waals surface area (Å²) in [6, 6.07) is 19.9. The topological polar surface area (TPSA) is 58.9 Å². The van der Waals surface area contributed by atoms with Crippen LogP contribution in [0.1, 0.15) is 17.5 Å². The first-order valence-electron chi connectivity index (χ1n) is 8.32. The van der Waals surface area contributed by atoms with Crippen LogP contribution in [0.2, 0.25) is 0 Å². The van der Waals surface area contributed by atoms with Gasteiger partial charge >= 0.3 is 0 Å². The van der Waals surface area contributed by atoms with Crippen LogP contribution in [0.15, 0.2) is 60.7 Å². The van der Waals surface area contributed by atoms with E-state index in [-0.39, 0.29) is 13.2 Å². The van der Waals surface area contributed by atoms with Crippen molar-refractivity contribution in [3.05, 3.63) is 71.8 Å². The van der Waals surface area contributed by atoms with E-state index in [1.54, 1.807) is 0 Å². The molecule has 130 valence electrons. The third-order valence-electron chi connectivity index (χ3n) is 4.09. The van der Waals surface area contributed by atoms with Crippen molar-refractivity contribution in [1.82, 2.24) is 0 Å². The van der Waals surface area contributed by atoms with Crippen molar-refractivity contribution in [2.24, 2.45) is 0 Å². The van der Waals surface area contributed by atoms with Gasteiger partial charge in [0.05, 0.1) is 31.8 Å². The Balaban J connectivity index is 2.06. The van der Waals surface area contributed by atoms with Crippen molar-refractivity contribution in [2.75, 3.05) is 39.6 Å². The first kappa shape index (κ1) is 18.6. The van der Waals surface area contributed by atoms with Crippen molar-refractivity contribution < 1.29 is 19.7 Å². The molecule has 0 saturated carbocycles. The number of hydrogen-bond acceptors (Lipinski definition) is 4. The minimum atomic E-state index is -0.590. The van der Waals surface area contributed by atoms with Crippen molar-refractivity contribution in [3.8, 4) is 0 Å². The Morgan fingerprint density at radius 3 is 1.75 bits per heavy atom. The SMILES string of the molecule is OCCCOCCOCC(CO)(c1ccccc1)c1ccccc1. The van der Waals surface area contributed by atoms with Gasteiger partial charge in [-0.25, -0.2) is 0 Å². The van der Waals surface area contributed by atoms with Gasteiger partial charge in [-0.2, -0.15) is 0 Å². The second kappa shape index (κ2) is 10.2. The summed E-state index contributed by atoms with van der Waals surface area (Å²) in [7, 11) is 0. The Labute approximate surface area is 143 Å². The number of hydrogen-bond donors (Lipinski definition) is 2. The molecule has 4 heteroatoms. The van der Waals surface area contributed by atoms with Crippen molar-refractivity contribution in [1.29, 1.82) is 0 Å². The molecule has 0 aliphatic carbocycles. The molecule has 24 heavy (non-hydrogen) atoms. The summed E-state index contributed by atoms with van der Waals surface area (Å²) in [4.78, 5) is 0. The summed E-state index contributed by atoms with van der Waals surface area (Å²) in [5.74, 6) is 0. The van der Waals surface area contributed by atoms with E-state index < -0.39 is 5.41 Å². The zero-order chi connectivity index (χ0) is 17.1. The molecule has 2 aromatic rings. The third kappa shape index (κ3) is 4.89. The number of aliphatic hydroxyl groups is 2. The predicted molar refractivity (Wildman–Crippen MR) is 94.1 cm³/mol. The quantitative estimate of drug-likeness (QED) is 0.621. The fourth-order valence-electron chi connectivity index (χ4n) is 2.71. The van der Waals surface area contributed by atoms with E-state index in [0.717, 1.165) is 11.1 Å². The fraction of sp³-hybridized carbons (Fsp3) is 0.400. The molecule has 4 nitrogen and oxygen atoms in total. The molecular formula is C20H26O4. The van der Waals surface area contributed by atoms with Crippen LogP contribution in [0, 0.1) is 0 Å². The first-order chi connectivity index (χ1) is 11.8. The molecule has 0 spiro atoms. The third-order valence-corrected chi connectivity index (χ3v) is 4.09. The standard InChI is InChI=1S/C20H26O4/c21-12-7-13-23-14-15-24-17-20(16-22,18-8-3-1-4-9-18)19-10-5-2-6-11-19/h1-6,8-11,21-22H,7,12-17H2. The minimum Gasteiger partial charge on any atom is -0.396 e. The highest BCUT2D eigenvalue weighted by atomic mass is 16.5. The zero-order valence-corrected chi connectivity index (χ0v) is 13.9. The minimum absolute atomic E-state index is 0.0353. The van der Waals surface area contributed by atoms with Crippen LogP contribution >= 0.6 is 0 Å². The van der Waals surface area contributed by atoms with Crippen LogP contribution in [0.4, 0.5) is 0 Å². The maximum atomic E-state index is 10.2. The van der Waals surface area contributed by atoms with Crippen molar-refractivity contribution >= 4 is 0 Å². The Morgan fingerprint density at radius 2 is 1.25 bits per heavy atom. The number of rotatable bonds is 11. The van der Waals surface area contributed by atoms with Gasteiger partial charge in [-0.15, -0.1) is 0 Å². The molecule has 0 saturated heterocycles. The normalized spacial score (nSPS) is 11.6.